The predicted molar refractivity (Wildman–Crippen MR) is 139 cm³/mol. The van der Waals surface area contributed by atoms with Crippen molar-refractivity contribution in [1.29, 1.82) is 0 Å². The van der Waals surface area contributed by atoms with E-state index in [-0.39, 0.29) is 6.61 Å². The van der Waals surface area contributed by atoms with Crippen molar-refractivity contribution in [3.8, 4) is 28.1 Å². The van der Waals surface area contributed by atoms with E-state index < -0.39 is 5.97 Å². The number of carboxylic acid groups (broad SMARTS) is 1. The largest absolute Gasteiger partial charge is 0.497 e. The number of nitrogens with zero attached hydrogens (tertiary/aromatic N) is 2. The number of hydrogen-bond acceptors (Lipinski definition) is 5. The summed E-state index contributed by atoms with van der Waals surface area (Å²) in [5, 5.41) is 14.0. The highest BCUT2D eigenvalue weighted by Crippen LogP contribution is 2.38. The molecule has 0 atom stereocenters. The van der Waals surface area contributed by atoms with Crippen molar-refractivity contribution in [3.05, 3.63) is 60.3 Å². The quantitative estimate of drug-likeness (QED) is 0.368. The average molecular weight is 493 g/mol. The zero-order valence-corrected chi connectivity index (χ0v) is 21.2. The molecule has 1 aliphatic carbocycles. The monoisotopic (exact) mass is 492 g/mol. The van der Waals surface area contributed by atoms with Crippen LogP contribution in [-0.4, -0.2) is 54.9 Å². The van der Waals surface area contributed by atoms with E-state index in [1.54, 1.807) is 14.2 Å². The fourth-order valence-electron chi connectivity index (χ4n) is 5.12. The molecule has 1 heterocycles. The molecular formula is C29H36N2O5. The molecule has 1 aliphatic rings. The summed E-state index contributed by atoms with van der Waals surface area (Å²) in [5.74, 6) is 0.856. The van der Waals surface area contributed by atoms with Crippen molar-refractivity contribution in [2.75, 3.05) is 34.0 Å². The van der Waals surface area contributed by atoms with E-state index in [1.807, 2.05) is 30.3 Å². The molecule has 36 heavy (non-hydrogen) atoms. The summed E-state index contributed by atoms with van der Waals surface area (Å²) in [7, 11) is 3.42. The van der Waals surface area contributed by atoms with Gasteiger partial charge in [0.1, 0.15) is 18.1 Å². The molecule has 3 aromatic rings. The Labute approximate surface area is 213 Å². The molecule has 0 aliphatic heterocycles. The van der Waals surface area contributed by atoms with Crippen LogP contribution in [0.4, 0.5) is 0 Å². The standard InChI is InChI=1S/C29H36N2O5/c1-34-16-15-26-28(24-9-6-10-25(17-24)35-2)29(23-7-4-3-5-8-23)30-31(26)18-21-11-13-22(14-12-21)19-36-20-27(32)33/h3-10,17,21-22H,11-16,18-20H2,1-2H3,(H,32,33)/t21-,22-. The normalized spacial score (nSPS) is 17.7. The van der Waals surface area contributed by atoms with Gasteiger partial charge < -0.3 is 19.3 Å². The zero-order valence-electron chi connectivity index (χ0n) is 21.2. The first kappa shape index (κ1) is 25.9. The van der Waals surface area contributed by atoms with Crippen LogP contribution in [0.2, 0.25) is 0 Å². The van der Waals surface area contributed by atoms with Crippen molar-refractivity contribution >= 4 is 5.97 Å². The average Bonchev–Trinajstić information content (AvgIpc) is 3.26. The number of aromatic nitrogens is 2. The van der Waals surface area contributed by atoms with Crippen molar-refractivity contribution in [2.24, 2.45) is 11.8 Å². The van der Waals surface area contributed by atoms with E-state index in [1.165, 1.54) is 5.69 Å². The maximum absolute atomic E-state index is 10.7. The van der Waals surface area contributed by atoms with E-state index >= 15 is 0 Å². The summed E-state index contributed by atoms with van der Waals surface area (Å²) >= 11 is 0. The maximum Gasteiger partial charge on any atom is 0.329 e. The third-order valence-electron chi connectivity index (χ3n) is 6.98. The molecule has 0 unspecified atom stereocenters. The number of rotatable bonds is 12. The SMILES string of the molecule is COCCc1c(-c2cccc(OC)c2)c(-c2ccccc2)nn1C[C@H]1CC[C@H](COCC(=O)O)CC1. The summed E-state index contributed by atoms with van der Waals surface area (Å²) in [5.41, 5.74) is 5.46. The Hall–Kier alpha value is -3.16. The highest BCUT2D eigenvalue weighted by Gasteiger charge is 2.26. The molecule has 192 valence electrons. The molecule has 7 nitrogen and oxygen atoms in total. The second kappa shape index (κ2) is 12.7. The second-order valence-electron chi connectivity index (χ2n) is 9.49. The van der Waals surface area contributed by atoms with E-state index in [0.29, 0.717) is 25.0 Å². The molecule has 1 N–H and O–H groups in total. The van der Waals surface area contributed by atoms with Gasteiger partial charge in [0.25, 0.3) is 0 Å². The first-order valence-electron chi connectivity index (χ1n) is 12.7. The van der Waals surface area contributed by atoms with Crippen molar-refractivity contribution in [2.45, 2.75) is 38.6 Å². The minimum absolute atomic E-state index is 0.217. The Bertz CT molecular complexity index is 1120. The van der Waals surface area contributed by atoms with Crippen LogP contribution in [0, 0.1) is 11.8 Å². The van der Waals surface area contributed by atoms with E-state index in [4.69, 9.17) is 24.4 Å². The predicted octanol–water partition coefficient (Wildman–Crippen LogP) is 5.32. The summed E-state index contributed by atoms with van der Waals surface area (Å²) in [6, 6.07) is 18.5. The number of carboxylic acids is 1. The minimum Gasteiger partial charge on any atom is -0.497 e. The number of hydrogen-bond donors (Lipinski definition) is 1. The first-order chi connectivity index (χ1) is 17.6. The van der Waals surface area contributed by atoms with Crippen LogP contribution >= 0.6 is 0 Å². The van der Waals surface area contributed by atoms with Gasteiger partial charge in [0.05, 0.1) is 20.3 Å². The lowest BCUT2D eigenvalue weighted by molar-refractivity contribution is -0.142. The van der Waals surface area contributed by atoms with Gasteiger partial charge in [-0.3, -0.25) is 4.68 Å². The van der Waals surface area contributed by atoms with Gasteiger partial charge in [-0.1, -0.05) is 42.5 Å². The lowest BCUT2D eigenvalue weighted by Crippen LogP contribution is -2.24. The fourth-order valence-corrected chi connectivity index (χ4v) is 5.12. The number of benzene rings is 2. The van der Waals surface area contributed by atoms with Crippen LogP contribution in [0.15, 0.2) is 54.6 Å². The van der Waals surface area contributed by atoms with Crippen LogP contribution < -0.4 is 4.74 Å². The molecule has 0 bridgehead atoms. The Kier molecular flexibility index (Phi) is 9.14. The van der Waals surface area contributed by atoms with Crippen molar-refractivity contribution in [1.82, 2.24) is 9.78 Å². The molecular weight excluding hydrogens is 456 g/mol. The Morgan fingerprint density at radius 2 is 1.72 bits per heavy atom. The molecule has 1 saturated carbocycles. The summed E-state index contributed by atoms with van der Waals surface area (Å²) in [6.45, 7) is 1.78. The third kappa shape index (κ3) is 6.53. The molecule has 4 rings (SSSR count). The summed E-state index contributed by atoms with van der Waals surface area (Å²) in [6.07, 6.45) is 5.03. The summed E-state index contributed by atoms with van der Waals surface area (Å²) < 4.78 is 18.6. The van der Waals surface area contributed by atoms with E-state index in [9.17, 15) is 4.79 Å². The number of aliphatic carboxylic acids is 1. The molecule has 0 radical (unpaired) electrons. The molecule has 2 aromatic carbocycles. The van der Waals surface area contributed by atoms with Crippen molar-refractivity contribution < 1.29 is 24.1 Å². The van der Waals surface area contributed by atoms with Crippen LogP contribution in [0.25, 0.3) is 22.4 Å². The third-order valence-corrected chi connectivity index (χ3v) is 6.98. The number of ether oxygens (including phenoxy) is 3. The Morgan fingerprint density at radius 3 is 2.42 bits per heavy atom. The van der Waals surface area contributed by atoms with Crippen LogP contribution in [0.3, 0.4) is 0 Å². The van der Waals surface area contributed by atoms with Gasteiger partial charge in [-0.05, 0) is 55.2 Å². The molecule has 0 amide bonds. The summed E-state index contributed by atoms with van der Waals surface area (Å²) in [4.78, 5) is 10.7. The van der Waals surface area contributed by atoms with Gasteiger partial charge in [-0.15, -0.1) is 0 Å². The Morgan fingerprint density at radius 1 is 1.00 bits per heavy atom. The van der Waals surface area contributed by atoms with Gasteiger partial charge in [-0.2, -0.15) is 5.10 Å². The topological polar surface area (TPSA) is 82.8 Å². The molecule has 7 heteroatoms. The smallest absolute Gasteiger partial charge is 0.329 e. The van der Waals surface area contributed by atoms with Gasteiger partial charge >= 0.3 is 5.97 Å². The number of methoxy groups -OCH3 is 2. The van der Waals surface area contributed by atoms with Crippen LogP contribution in [-0.2, 0) is 27.2 Å². The lowest BCUT2D eigenvalue weighted by Gasteiger charge is -2.28. The van der Waals surface area contributed by atoms with Crippen molar-refractivity contribution in [3.63, 3.8) is 0 Å². The minimum atomic E-state index is -0.910. The van der Waals surface area contributed by atoms with E-state index in [2.05, 4.69) is 28.9 Å². The van der Waals surface area contributed by atoms with Gasteiger partial charge in [0.2, 0.25) is 0 Å². The zero-order chi connectivity index (χ0) is 25.3. The highest BCUT2D eigenvalue weighted by atomic mass is 16.5. The molecule has 0 saturated heterocycles. The van der Waals surface area contributed by atoms with Gasteiger partial charge in [-0.25, -0.2) is 4.79 Å². The van der Waals surface area contributed by atoms with Gasteiger partial charge in [0.15, 0.2) is 0 Å². The fraction of sp³-hybridized carbons (Fsp3) is 0.448. The Balaban J connectivity index is 1.62. The second-order valence-corrected chi connectivity index (χ2v) is 9.49. The maximum atomic E-state index is 10.7. The van der Waals surface area contributed by atoms with E-state index in [0.717, 1.165) is 66.8 Å². The molecule has 1 aromatic heterocycles. The van der Waals surface area contributed by atoms with Crippen LogP contribution in [0.1, 0.15) is 31.4 Å². The molecule has 0 spiro atoms. The molecule has 1 fully saturated rings. The first-order valence-corrected chi connectivity index (χ1v) is 12.7. The highest BCUT2D eigenvalue weighted by molar-refractivity contribution is 5.83. The van der Waals surface area contributed by atoms with Gasteiger partial charge in [0, 0.05) is 36.9 Å². The number of carbonyl (C=O) groups is 1. The lowest BCUT2D eigenvalue weighted by atomic mass is 9.82. The van der Waals surface area contributed by atoms with Crippen LogP contribution in [0.5, 0.6) is 5.75 Å².